The van der Waals surface area contributed by atoms with E-state index >= 15 is 0 Å². The lowest BCUT2D eigenvalue weighted by molar-refractivity contribution is -0.124. The zero-order chi connectivity index (χ0) is 30.1. The molecule has 3 aliphatic heterocycles. The van der Waals surface area contributed by atoms with Gasteiger partial charge in [0.25, 0.3) is 0 Å². The first-order valence-electron chi connectivity index (χ1n) is 16.2. The molecule has 1 aromatic carbocycles. The Bertz CT molecular complexity index is 1630. The number of H-pyrrole nitrogens is 1. The summed E-state index contributed by atoms with van der Waals surface area (Å²) in [5, 5.41) is 4.58. The number of rotatable bonds is 8. The van der Waals surface area contributed by atoms with Crippen molar-refractivity contribution in [3.8, 4) is 11.3 Å². The van der Waals surface area contributed by atoms with Crippen LogP contribution in [0.1, 0.15) is 61.1 Å². The molecule has 0 spiro atoms. The molecule has 2 bridgehead atoms. The molecule has 4 fully saturated rings. The number of aromatic nitrogens is 1. The van der Waals surface area contributed by atoms with Crippen LogP contribution in [0.25, 0.3) is 21.5 Å². The molecule has 2 N–H and O–H groups in total. The molecule has 1 aliphatic carbocycles. The summed E-state index contributed by atoms with van der Waals surface area (Å²) in [7, 11) is -2.85. The molecule has 3 aromatic rings. The van der Waals surface area contributed by atoms with Gasteiger partial charge in [0, 0.05) is 61.0 Å². The summed E-state index contributed by atoms with van der Waals surface area (Å²) >= 11 is 1.89. The van der Waals surface area contributed by atoms with Crippen molar-refractivity contribution in [1.82, 2.24) is 20.1 Å². The highest BCUT2D eigenvalue weighted by Crippen LogP contribution is 2.47. The molecule has 4 aliphatic rings. The van der Waals surface area contributed by atoms with Gasteiger partial charge in [-0.1, -0.05) is 31.0 Å². The number of fused-ring (bicyclic) bond motifs is 3. The van der Waals surface area contributed by atoms with E-state index in [0.717, 1.165) is 64.8 Å². The lowest BCUT2D eigenvalue weighted by Gasteiger charge is -2.37. The second-order valence-electron chi connectivity index (χ2n) is 14.4. The molecule has 5 heterocycles. The van der Waals surface area contributed by atoms with Crippen molar-refractivity contribution in [3.63, 3.8) is 0 Å². The highest BCUT2D eigenvalue weighted by atomic mass is 32.2. The summed E-state index contributed by atoms with van der Waals surface area (Å²) < 4.78 is 24.0. The number of sulfone groups is 1. The molecular formula is C34H46N4O3S2. The van der Waals surface area contributed by atoms with Crippen LogP contribution in [-0.2, 0) is 26.5 Å². The molecule has 232 valence electrons. The Morgan fingerprint density at radius 2 is 1.74 bits per heavy atom. The van der Waals surface area contributed by atoms with Crippen molar-refractivity contribution in [3.05, 3.63) is 45.8 Å². The Kier molecular flexibility index (Phi) is 7.55. The van der Waals surface area contributed by atoms with Crippen LogP contribution in [0.15, 0.2) is 24.3 Å². The molecule has 3 saturated heterocycles. The highest BCUT2D eigenvalue weighted by molar-refractivity contribution is 7.91. The molecule has 0 radical (unpaired) electrons. The number of hydrogen-bond donors (Lipinski definition) is 2. The maximum absolute atomic E-state index is 12.4. The van der Waals surface area contributed by atoms with Crippen LogP contribution in [0.4, 0.5) is 0 Å². The summed E-state index contributed by atoms with van der Waals surface area (Å²) in [6.07, 6.45) is 4.96. The molecule has 4 unspecified atom stereocenters. The van der Waals surface area contributed by atoms with E-state index in [9.17, 15) is 13.2 Å². The van der Waals surface area contributed by atoms with Gasteiger partial charge in [-0.05, 0) is 86.6 Å². The number of nitrogens with one attached hydrogen (secondary N) is 2. The van der Waals surface area contributed by atoms with Crippen molar-refractivity contribution in [2.75, 3.05) is 44.2 Å². The summed E-state index contributed by atoms with van der Waals surface area (Å²) in [6.45, 7) is 13.9. The fourth-order valence-corrected chi connectivity index (χ4v) is 11.5. The molecule has 43 heavy (non-hydrogen) atoms. The van der Waals surface area contributed by atoms with E-state index in [-0.39, 0.29) is 23.3 Å². The molecular weight excluding hydrogens is 577 g/mol. The Hall–Kier alpha value is -2.20. The summed E-state index contributed by atoms with van der Waals surface area (Å²) in [4.78, 5) is 23.9. The standard InChI is InChI=1S/C34H46N4O3S2/c1-21-15-22(2)17-23(16-21)31-25(7-9-37-10-12-38(13-11-37)24-8-14-43(40,41)20-24)27-18-30(42-33(27)36-31)34(3,4)19-28-26-5-6-29(28)35-32(26)39/h15-18,24,26,28-29,36H,5-14,19-20H2,1-4H3,(H,35,39). The number of thiophene rings is 1. The number of nitrogens with zero attached hydrogens (tertiary/aromatic N) is 2. The van der Waals surface area contributed by atoms with Gasteiger partial charge in [-0.2, -0.15) is 0 Å². The fraction of sp³-hybridized carbons (Fsp3) is 0.618. The third-order valence-corrected chi connectivity index (χ3v) is 14.0. The van der Waals surface area contributed by atoms with E-state index in [0.29, 0.717) is 23.5 Å². The minimum atomic E-state index is -2.85. The van der Waals surface area contributed by atoms with Gasteiger partial charge in [-0.3, -0.25) is 9.69 Å². The number of benzene rings is 1. The third kappa shape index (κ3) is 5.71. The minimum Gasteiger partial charge on any atom is -0.353 e. The lowest BCUT2D eigenvalue weighted by atomic mass is 9.78. The van der Waals surface area contributed by atoms with Gasteiger partial charge in [0.1, 0.15) is 4.83 Å². The van der Waals surface area contributed by atoms with Crippen LogP contribution in [0.2, 0.25) is 0 Å². The van der Waals surface area contributed by atoms with Gasteiger partial charge in [0.2, 0.25) is 5.91 Å². The molecule has 7 nitrogen and oxygen atoms in total. The normalized spacial score (nSPS) is 27.9. The number of carbonyl (C=O) groups excluding carboxylic acids is 1. The van der Waals surface area contributed by atoms with E-state index in [4.69, 9.17) is 0 Å². The van der Waals surface area contributed by atoms with Gasteiger partial charge in [-0.25, -0.2) is 8.42 Å². The summed E-state index contributed by atoms with van der Waals surface area (Å²) in [5.41, 5.74) is 6.47. The van der Waals surface area contributed by atoms with Crippen molar-refractivity contribution < 1.29 is 13.2 Å². The Morgan fingerprint density at radius 3 is 2.37 bits per heavy atom. The van der Waals surface area contributed by atoms with Crippen molar-refractivity contribution in [2.24, 2.45) is 11.8 Å². The summed E-state index contributed by atoms with van der Waals surface area (Å²) in [5.74, 6) is 1.58. The van der Waals surface area contributed by atoms with Gasteiger partial charge >= 0.3 is 0 Å². The number of aromatic amines is 1. The quantitative estimate of drug-likeness (QED) is 0.367. The average Bonchev–Trinajstić information content (AvgIpc) is 3.74. The molecule has 2 aromatic heterocycles. The van der Waals surface area contributed by atoms with E-state index in [1.807, 2.05) is 11.3 Å². The Labute approximate surface area is 260 Å². The smallest absolute Gasteiger partial charge is 0.223 e. The van der Waals surface area contributed by atoms with Crippen molar-refractivity contribution >= 4 is 37.3 Å². The van der Waals surface area contributed by atoms with Crippen molar-refractivity contribution in [2.45, 2.75) is 77.3 Å². The Morgan fingerprint density at radius 1 is 1.00 bits per heavy atom. The van der Waals surface area contributed by atoms with Crippen molar-refractivity contribution in [1.29, 1.82) is 0 Å². The van der Waals surface area contributed by atoms with Gasteiger partial charge in [0.15, 0.2) is 9.84 Å². The minimum absolute atomic E-state index is 0.00371. The molecule has 1 amide bonds. The zero-order valence-electron chi connectivity index (χ0n) is 26.0. The zero-order valence-corrected chi connectivity index (χ0v) is 27.7. The fourth-order valence-electron chi connectivity index (χ4n) is 8.51. The number of carbonyl (C=O) groups is 1. The maximum atomic E-state index is 12.4. The van der Waals surface area contributed by atoms with E-state index in [1.165, 1.54) is 43.0 Å². The molecule has 4 atom stereocenters. The number of aryl methyl sites for hydroxylation is 2. The van der Waals surface area contributed by atoms with E-state index < -0.39 is 9.84 Å². The van der Waals surface area contributed by atoms with Gasteiger partial charge < -0.3 is 15.2 Å². The Balaban J connectivity index is 1.12. The SMILES string of the molecule is Cc1cc(C)cc(-c2[nH]c3sc(C(C)(C)CC4C5CCC4C(=O)N5)cc3c2CCN2CCN(C3CCS(=O)(=O)C3)CC2)c1. The third-order valence-electron chi connectivity index (χ3n) is 10.8. The number of piperazine rings is 1. The van der Waals surface area contributed by atoms with Gasteiger partial charge in [0.05, 0.1) is 17.2 Å². The topological polar surface area (TPSA) is 85.5 Å². The highest BCUT2D eigenvalue weighted by Gasteiger charge is 2.49. The molecule has 7 rings (SSSR count). The van der Waals surface area contributed by atoms with Gasteiger partial charge in [-0.15, -0.1) is 11.3 Å². The molecule has 1 saturated carbocycles. The van der Waals surface area contributed by atoms with Crippen LogP contribution in [0.5, 0.6) is 0 Å². The number of piperidine rings is 1. The first kappa shape index (κ1) is 29.5. The van der Waals surface area contributed by atoms with E-state index in [2.05, 4.69) is 72.1 Å². The first-order valence-corrected chi connectivity index (χ1v) is 18.8. The van der Waals surface area contributed by atoms with E-state index in [1.54, 1.807) is 0 Å². The van der Waals surface area contributed by atoms with Crippen LogP contribution in [0, 0.1) is 25.7 Å². The predicted octanol–water partition coefficient (Wildman–Crippen LogP) is 5.05. The maximum Gasteiger partial charge on any atom is 0.223 e. The second kappa shape index (κ2) is 11.0. The van der Waals surface area contributed by atoms with Crippen LogP contribution >= 0.6 is 11.3 Å². The monoisotopic (exact) mass is 622 g/mol. The number of amides is 1. The van der Waals surface area contributed by atoms with Crippen LogP contribution in [0.3, 0.4) is 0 Å². The second-order valence-corrected chi connectivity index (χ2v) is 17.7. The van der Waals surface area contributed by atoms with Crippen LogP contribution < -0.4 is 5.32 Å². The predicted molar refractivity (Wildman–Crippen MR) is 176 cm³/mol. The number of hydrogen-bond acceptors (Lipinski definition) is 6. The van der Waals surface area contributed by atoms with Crippen LogP contribution in [-0.4, -0.2) is 85.4 Å². The lowest BCUT2D eigenvalue weighted by Crippen LogP contribution is -2.51. The first-order chi connectivity index (χ1) is 20.5. The average molecular weight is 623 g/mol. The summed E-state index contributed by atoms with van der Waals surface area (Å²) in [6, 6.07) is 9.83. The largest absolute Gasteiger partial charge is 0.353 e. The molecule has 9 heteroatoms.